The van der Waals surface area contributed by atoms with E-state index in [1.807, 2.05) is 64.1 Å². The predicted octanol–water partition coefficient (Wildman–Crippen LogP) is 5.69. The lowest BCUT2D eigenvalue weighted by Gasteiger charge is -2.32. The zero-order valence-corrected chi connectivity index (χ0v) is 21.6. The summed E-state index contributed by atoms with van der Waals surface area (Å²) in [6.45, 7) is 12.1. The van der Waals surface area contributed by atoms with E-state index in [1.54, 1.807) is 17.2 Å². The van der Waals surface area contributed by atoms with Crippen LogP contribution >= 0.6 is 0 Å². The zero-order valence-electron chi connectivity index (χ0n) is 21.6. The number of nitrogens with one attached hydrogen (secondary N) is 3. The van der Waals surface area contributed by atoms with Crippen LogP contribution in [0.2, 0.25) is 0 Å². The molecule has 37 heavy (non-hydrogen) atoms. The third-order valence-corrected chi connectivity index (χ3v) is 5.71. The van der Waals surface area contributed by atoms with Gasteiger partial charge in [-0.3, -0.25) is 4.79 Å². The van der Waals surface area contributed by atoms with Crippen molar-refractivity contribution in [2.24, 2.45) is 0 Å². The topological polar surface area (TPSA) is 108 Å². The molecule has 0 saturated heterocycles. The van der Waals surface area contributed by atoms with Gasteiger partial charge in [0, 0.05) is 41.9 Å². The first kappa shape index (κ1) is 25.7. The number of rotatable bonds is 6. The van der Waals surface area contributed by atoms with E-state index in [1.165, 1.54) is 6.08 Å². The number of nitrogens with zero attached hydrogens (tertiary/aromatic N) is 3. The summed E-state index contributed by atoms with van der Waals surface area (Å²) in [5, 5.41) is 9.40. The Morgan fingerprint density at radius 1 is 1.11 bits per heavy atom. The lowest BCUT2D eigenvalue weighted by atomic mass is 9.98. The number of carbonyl (C=O) groups is 2. The number of benzene rings is 2. The van der Waals surface area contributed by atoms with Crippen LogP contribution in [0.25, 0.3) is 0 Å². The van der Waals surface area contributed by atoms with Gasteiger partial charge in [0.15, 0.2) is 0 Å². The molecular weight excluding hydrogens is 468 g/mol. The van der Waals surface area contributed by atoms with Crippen LogP contribution in [0.1, 0.15) is 37.5 Å². The first-order valence-corrected chi connectivity index (χ1v) is 12.1. The second kappa shape index (κ2) is 10.7. The number of fused-ring (bicyclic) bond motifs is 1. The smallest absolute Gasteiger partial charge is 0.410 e. The average Bonchev–Trinajstić information content (AvgIpc) is 2.85. The zero-order chi connectivity index (χ0) is 26.6. The van der Waals surface area contributed by atoms with Crippen molar-refractivity contribution in [1.82, 2.24) is 14.9 Å². The van der Waals surface area contributed by atoms with Crippen LogP contribution in [0.4, 0.5) is 33.6 Å². The van der Waals surface area contributed by atoms with Crippen LogP contribution < -0.4 is 16.0 Å². The molecule has 0 saturated carbocycles. The lowest BCUT2D eigenvalue weighted by molar-refractivity contribution is -0.111. The van der Waals surface area contributed by atoms with Gasteiger partial charge < -0.3 is 25.6 Å². The highest BCUT2D eigenvalue weighted by Gasteiger charge is 2.26. The van der Waals surface area contributed by atoms with Gasteiger partial charge in [0.25, 0.3) is 0 Å². The van der Waals surface area contributed by atoms with Crippen LogP contribution in [-0.2, 0) is 22.5 Å². The third-order valence-electron chi connectivity index (χ3n) is 5.71. The fraction of sp³-hybridized carbons (Fsp3) is 0.286. The first-order chi connectivity index (χ1) is 17.6. The maximum absolute atomic E-state index is 12.5. The Hall–Kier alpha value is -4.40. The van der Waals surface area contributed by atoms with Crippen LogP contribution in [-0.4, -0.2) is 39.0 Å². The Balaban J connectivity index is 1.50. The molecule has 4 rings (SSSR count). The summed E-state index contributed by atoms with van der Waals surface area (Å²) in [5.41, 5.74) is 4.86. The summed E-state index contributed by atoms with van der Waals surface area (Å²) < 4.78 is 5.54. The average molecular weight is 501 g/mol. The maximum atomic E-state index is 12.5. The molecule has 0 spiro atoms. The number of amides is 2. The Morgan fingerprint density at radius 3 is 2.62 bits per heavy atom. The molecule has 3 aromatic rings. The minimum Gasteiger partial charge on any atom is -0.444 e. The SMILES string of the molecule is C=CC(=O)Nc1cccc(Nc2nc(Nc3cccc4c3CCN(C(=O)OC(C)(C)C)C4)ncc2C)c1. The van der Waals surface area contributed by atoms with Crippen molar-refractivity contribution < 1.29 is 14.3 Å². The van der Waals surface area contributed by atoms with E-state index in [-0.39, 0.29) is 12.0 Å². The molecule has 3 N–H and O–H groups in total. The highest BCUT2D eigenvalue weighted by atomic mass is 16.6. The summed E-state index contributed by atoms with van der Waals surface area (Å²) in [7, 11) is 0. The van der Waals surface area contributed by atoms with Crippen molar-refractivity contribution >= 4 is 40.8 Å². The van der Waals surface area contributed by atoms with Crippen LogP contribution in [0.5, 0.6) is 0 Å². The van der Waals surface area contributed by atoms with Gasteiger partial charge in [-0.25, -0.2) is 9.78 Å². The molecular formula is C28H32N6O3. The monoisotopic (exact) mass is 500 g/mol. The summed E-state index contributed by atoms with van der Waals surface area (Å²) in [6.07, 6.45) is 3.37. The fourth-order valence-electron chi connectivity index (χ4n) is 3.96. The summed E-state index contributed by atoms with van der Waals surface area (Å²) >= 11 is 0. The van der Waals surface area contributed by atoms with Crippen LogP contribution in [0.15, 0.2) is 61.3 Å². The molecule has 9 nitrogen and oxygen atoms in total. The number of anilines is 5. The summed E-state index contributed by atoms with van der Waals surface area (Å²) in [6, 6.07) is 13.3. The number of hydrogen-bond acceptors (Lipinski definition) is 7. The Bertz CT molecular complexity index is 1330. The van der Waals surface area contributed by atoms with E-state index >= 15 is 0 Å². The molecule has 2 heterocycles. The second-order valence-corrected chi connectivity index (χ2v) is 9.84. The Kier molecular flexibility index (Phi) is 7.42. The Labute approximate surface area is 217 Å². The van der Waals surface area contributed by atoms with Crippen LogP contribution in [0, 0.1) is 6.92 Å². The molecule has 1 aliphatic rings. The molecule has 1 aromatic heterocycles. The number of ether oxygens (including phenoxy) is 1. The predicted molar refractivity (Wildman–Crippen MR) is 145 cm³/mol. The first-order valence-electron chi connectivity index (χ1n) is 12.1. The Morgan fingerprint density at radius 2 is 1.86 bits per heavy atom. The molecule has 0 atom stereocenters. The van der Waals surface area contributed by atoms with E-state index in [0.717, 1.165) is 28.1 Å². The minimum absolute atomic E-state index is 0.276. The molecule has 0 aliphatic carbocycles. The number of carbonyl (C=O) groups excluding carboxylic acids is 2. The van der Waals surface area contributed by atoms with Crippen LogP contribution in [0.3, 0.4) is 0 Å². The fourth-order valence-corrected chi connectivity index (χ4v) is 3.96. The van der Waals surface area contributed by atoms with E-state index in [4.69, 9.17) is 4.74 Å². The third kappa shape index (κ3) is 6.63. The summed E-state index contributed by atoms with van der Waals surface area (Å²) in [4.78, 5) is 35.0. The quantitative estimate of drug-likeness (QED) is 0.373. The number of hydrogen-bond donors (Lipinski definition) is 3. The van der Waals surface area contributed by atoms with Crippen molar-refractivity contribution in [3.8, 4) is 0 Å². The number of aromatic nitrogens is 2. The van der Waals surface area contributed by atoms with E-state index in [0.29, 0.717) is 37.0 Å². The minimum atomic E-state index is -0.532. The van der Waals surface area contributed by atoms with Gasteiger partial charge in [0.2, 0.25) is 11.9 Å². The van der Waals surface area contributed by atoms with E-state index in [2.05, 4.69) is 32.5 Å². The molecule has 1 aliphatic heterocycles. The summed E-state index contributed by atoms with van der Waals surface area (Å²) in [5.74, 6) is 0.819. The normalized spacial score (nSPS) is 12.8. The molecule has 9 heteroatoms. The van der Waals surface area contributed by atoms with Gasteiger partial charge in [-0.1, -0.05) is 24.8 Å². The second-order valence-electron chi connectivity index (χ2n) is 9.84. The van der Waals surface area contributed by atoms with Gasteiger partial charge in [-0.05, 0) is 75.6 Å². The molecule has 2 amide bonds. The van der Waals surface area contributed by atoms with Gasteiger partial charge >= 0.3 is 6.09 Å². The molecule has 0 unspecified atom stereocenters. The molecule has 2 aromatic carbocycles. The van der Waals surface area contributed by atoms with Crippen molar-refractivity contribution in [1.29, 1.82) is 0 Å². The number of aryl methyl sites for hydroxylation is 1. The molecule has 192 valence electrons. The van der Waals surface area contributed by atoms with Crippen molar-refractivity contribution in [3.05, 3.63) is 78.0 Å². The standard InChI is InChI=1S/C28H32N6O3/c1-6-24(35)30-20-10-8-11-21(15-20)31-25-18(2)16-29-26(33-25)32-23-12-7-9-19-17-34(14-13-22(19)23)27(36)37-28(3,4)5/h6-12,15-16H,1,13-14,17H2,2-5H3,(H,30,35)(H2,29,31,32,33). The largest absolute Gasteiger partial charge is 0.444 e. The van der Waals surface area contributed by atoms with Gasteiger partial charge in [0.1, 0.15) is 11.4 Å². The highest BCUT2D eigenvalue weighted by molar-refractivity contribution is 5.99. The highest BCUT2D eigenvalue weighted by Crippen LogP contribution is 2.29. The molecule has 0 radical (unpaired) electrons. The molecule has 0 fully saturated rings. The van der Waals surface area contributed by atoms with Gasteiger partial charge in [-0.15, -0.1) is 0 Å². The van der Waals surface area contributed by atoms with E-state index < -0.39 is 5.60 Å². The maximum Gasteiger partial charge on any atom is 0.410 e. The van der Waals surface area contributed by atoms with Gasteiger partial charge in [0.05, 0.1) is 0 Å². The van der Waals surface area contributed by atoms with Gasteiger partial charge in [-0.2, -0.15) is 4.98 Å². The molecule has 0 bridgehead atoms. The van der Waals surface area contributed by atoms with Crippen molar-refractivity contribution in [3.63, 3.8) is 0 Å². The van der Waals surface area contributed by atoms with E-state index in [9.17, 15) is 9.59 Å². The van der Waals surface area contributed by atoms with Crippen molar-refractivity contribution in [2.45, 2.75) is 46.3 Å². The lowest BCUT2D eigenvalue weighted by Crippen LogP contribution is -2.40. The van der Waals surface area contributed by atoms with Crippen molar-refractivity contribution in [2.75, 3.05) is 22.5 Å².